The van der Waals surface area contributed by atoms with Crippen LogP contribution in [-0.2, 0) is 11.2 Å². The third kappa shape index (κ3) is 3.45. The van der Waals surface area contributed by atoms with E-state index < -0.39 is 0 Å². The molecular weight excluding hydrogens is 262 g/mol. The maximum absolute atomic E-state index is 12.1. The highest BCUT2D eigenvalue weighted by atomic mass is 16.1. The summed E-state index contributed by atoms with van der Waals surface area (Å²) in [6, 6.07) is 8.55. The molecule has 1 aromatic carbocycles. The Balaban J connectivity index is 1.54. The molecule has 1 unspecified atom stereocenters. The van der Waals surface area contributed by atoms with E-state index in [0.717, 1.165) is 31.4 Å². The highest BCUT2D eigenvalue weighted by molar-refractivity contribution is 5.84. The van der Waals surface area contributed by atoms with Crippen LogP contribution in [0.5, 0.6) is 0 Å². The van der Waals surface area contributed by atoms with Crippen LogP contribution in [0.15, 0.2) is 30.5 Å². The first kappa shape index (κ1) is 14.1. The molecule has 3 rings (SSSR count). The van der Waals surface area contributed by atoms with Gasteiger partial charge in [0, 0.05) is 36.1 Å². The van der Waals surface area contributed by atoms with E-state index in [1.54, 1.807) is 0 Å². The van der Waals surface area contributed by atoms with E-state index in [9.17, 15) is 4.79 Å². The van der Waals surface area contributed by atoms with Crippen LogP contribution >= 0.6 is 0 Å². The van der Waals surface area contributed by atoms with Gasteiger partial charge in [0.15, 0.2) is 0 Å². The molecule has 0 saturated carbocycles. The zero-order valence-electron chi connectivity index (χ0n) is 12.6. The summed E-state index contributed by atoms with van der Waals surface area (Å²) in [5.41, 5.74) is 2.36. The van der Waals surface area contributed by atoms with E-state index in [2.05, 4.69) is 34.4 Å². The molecule has 1 atom stereocenters. The van der Waals surface area contributed by atoms with Crippen molar-refractivity contribution in [3.05, 3.63) is 36.0 Å². The Morgan fingerprint density at radius 1 is 1.43 bits per heavy atom. The lowest BCUT2D eigenvalue weighted by atomic mass is 10.1. The van der Waals surface area contributed by atoms with Crippen LogP contribution in [0.2, 0.25) is 0 Å². The third-order valence-corrected chi connectivity index (χ3v) is 4.29. The van der Waals surface area contributed by atoms with Crippen LogP contribution in [0.4, 0.5) is 0 Å². The van der Waals surface area contributed by atoms with Gasteiger partial charge in [-0.1, -0.05) is 18.2 Å². The number of benzene rings is 1. The van der Waals surface area contributed by atoms with Gasteiger partial charge in [-0.3, -0.25) is 4.79 Å². The Hall–Kier alpha value is -1.81. The largest absolute Gasteiger partial charge is 0.361 e. The van der Waals surface area contributed by atoms with Crippen LogP contribution < -0.4 is 5.32 Å². The SMILES string of the molecule is CN1CCCC(NC(=O)CCc2c[nH]c3ccccc23)C1. The molecule has 1 aliphatic heterocycles. The van der Waals surface area contributed by atoms with E-state index in [1.807, 2.05) is 18.3 Å². The second-order valence-corrected chi connectivity index (χ2v) is 6.03. The third-order valence-electron chi connectivity index (χ3n) is 4.29. The molecule has 0 radical (unpaired) electrons. The summed E-state index contributed by atoms with van der Waals surface area (Å²) >= 11 is 0. The number of para-hydroxylation sites is 1. The standard InChI is InChI=1S/C17H23N3O/c1-20-10-4-5-14(12-20)19-17(21)9-8-13-11-18-16-7-3-2-6-15(13)16/h2-3,6-7,11,14,18H,4-5,8-10,12H2,1H3,(H,19,21). The maximum Gasteiger partial charge on any atom is 0.220 e. The molecule has 0 spiro atoms. The molecule has 1 saturated heterocycles. The predicted molar refractivity (Wildman–Crippen MR) is 85.3 cm³/mol. The molecule has 2 heterocycles. The lowest BCUT2D eigenvalue weighted by Gasteiger charge is -2.30. The van der Waals surface area contributed by atoms with E-state index in [-0.39, 0.29) is 5.91 Å². The van der Waals surface area contributed by atoms with Crippen molar-refractivity contribution in [2.75, 3.05) is 20.1 Å². The van der Waals surface area contributed by atoms with Crippen molar-refractivity contribution in [1.82, 2.24) is 15.2 Å². The minimum Gasteiger partial charge on any atom is -0.361 e. The van der Waals surface area contributed by atoms with Crippen LogP contribution in [0.25, 0.3) is 10.9 Å². The first-order chi connectivity index (χ1) is 10.2. The van der Waals surface area contributed by atoms with Gasteiger partial charge in [0.25, 0.3) is 0 Å². The van der Waals surface area contributed by atoms with Gasteiger partial charge >= 0.3 is 0 Å². The highest BCUT2D eigenvalue weighted by Crippen LogP contribution is 2.19. The number of aromatic amines is 1. The first-order valence-corrected chi connectivity index (χ1v) is 7.75. The molecule has 2 N–H and O–H groups in total. The quantitative estimate of drug-likeness (QED) is 0.905. The van der Waals surface area contributed by atoms with Crippen molar-refractivity contribution in [3.63, 3.8) is 0 Å². The topological polar surface area (TPSA) is 48.1 Å². The van der Waals surface area contributed by atoms with Gasteiger partial charge < -0.3 is 15.2 Å². The molecular formula is C17H23N3O. The van der Waals surface area contributed by atoms with Gasteiger partial charge in [-0.25, -0.2) is 0 Å². The molecule has 2 aromatic rings. The second kappa shape index (κ2) is 6.31. The number of hydrogen-bond donors (Lipinski definition) is 2. The lowest BCUT2D eigenvalue weighted by molar-refractivity contribution is -0.122. The van der Waals surface area contributed by atoms with Gasteiger partial charge in [0.1, 0.15) is 0 Å². The maximum atomic E-state index is 12.1. The average molecular weight is 285 g/mol. The van der Waals surface area contributed by atoms with Crippen LogP contribution in [-0.4, -0.2) is 42.0 Å². The van der Waals surface area contributed by atoms with Gasteiger partial charge in [-0.05, 0) is 44.5 Å². The number of likely N-dealkylation sites (N-methyl/N-ethyl adjacent to an activating group) is 1. The molecule has 112 valence electrons. The van der Waals surface area contributed by atoms with Crippen LogP contribution in [0.3, 0.4) is 0 Å². The minimum atomic E-state index is 0.167. The fraction of sp³-hybridized carbons (Fsp3) is 0.471. The van der Waals surface area contributed by atoms with E-state index >= 15 is 0 Å². The van der Waals surface area contributed by atoms with Gasteiger partial charge in [-0.2, -0.15) is 0 Å². The summed E-state index contributed by atoms with van der Waals surface area (Å²) in [4.78, 5) is 17.7. The Morgan fingerprint density at radius 3 is 3.14 bits per heavy atom. The Bertz CT molecular complexity index is 619. The van der Waals surface area contributed by atoms with Gasteiger partial charge in [-0.15, -0.1) is 0 Å². The molecule has 1 aliphatic rings. The Morgan fingerprint density at radius 2 is 2.29 bits per heavy atom. The minimum absolute atomic E-state index is 0.167. The van der Waals surface area contributed by atoms with Crippen LogP contribution in [0.1, 0.15) is 24.8 Å². The molecule has 21 heavy (non-hydrogen) atoms. The predicted octanol–water partition coefficient (Wildman–Crippen LogP) is 2.31. The molecule has 1 aromatic heterocycles. The number of aromatic nitrogens is 1. The number of hydrogen-bond acceptors (Lipinski definition) is 2. The molecule has 1 amide bonds. The number of piperidine rings is 1. The van der Waals surface area contributed by atoms with Crippen molar-refractivity contribution in [2.45, 2.75) is 31.7 Å². The normalized spacial score (nSPS) is 19.8. The van der Waals surface area contributed by atoms with E-state index in [4.69, 9.17) is 0 Å². The van der Waals surface area contributed by atoms with Crippen molar-refractivity contribution in [1.29, 1.82) is 0 Å². The number of amides is 1. The average Bonchev–Trinajstić information content (AvgIpc) is 2.88. The van der Waals surface area contributed by atoms with Crippen molar-refractivity contribution >= 4 is 16.8 Å². The number of fused-ring (bicyclic) bond motifs is 1. The Kier molecular flexibility index (Phi) is 4.25. The second-order valence-electron chi connectivity index (χ2n) is 6.03. The van der Waals surface area contributed by atoms with E-state index in [1.165, 1.54) is 17.4 Å². The summed E-state index contributed by atoms with van der Waals surface area (Å²) < 4.78 is 0. The van der Waals surface area contributed by atoms with Crippen molar-refractivity contribution in [3.8, 4) is 0 Å². The zero-order chi connectivity index (χ0) is 14.7. The summed E-state index contributed by atoms with van der Waals surface area (Å²) in [6.07, 6.45) is 5.64. The smallest absolute Gasteiger partial charge is 0.220 e. The fourth-order valence-electron chi connectivity index (χ4n) is 3.17. The van der Waals surface area contributed by atoms with Gasteiger partial charge in [0.2, 0.25) is 5.91 Å². The lowest BCUT2D eigenvalue weighted by Crippen LogP contribution is -2.46. The van der Waals surface area contributed by atoms with Gasteiger partial charge in [0.05, 0.1) is 0 Å². The number of carbonyl (C=O) groups is 1. The van der Waals surface area contributed by atoms with E-state index in [0.29, 0.717) is 12.5 Å². The fourth-order valence-corrected chi connectivity index (χ4v) is 3.17. The highest BCUT2D eigenvalue weighted by Gasteiger charge is 2.18. The van der Waals surface area contributed by atoms with Crippen molar-refractivity contribution in [2.24, 2.45) is 0 Å². The zero-order valence-corrected chi connectivity index (χ0v) is 12.6. The van der Waals surface area contributed by atoms with Crippen LogP contribution in [0, 0.1) is 0 Å². The molecule has 1 fully saturated rings. The number of aryl methyl sites for hydroxylation is 1. The number of nitrogens with zero attached hydrogens (tertiary/aromatic N) is 1. The number of carbonyl (C=O) groups excluding carboxylic acids is 1. The Labute approximate surface area is 125 Å². The first-order valence-electron chi connectivity index (χ1n) is 7.75. The summed E-state index contributed by atoms with van der Waals surface area (Å²) in [5.74, 6) is 0.167. The number of H-pyrrole nitrogens is 1. The number of nitrogens with one attached hydrogen (secondary N) is 2. The summed E-state index contributed by atoms with van der Waals surface area (Å²) in [6.45, 7) is 2.11. The monoisotopic (exact) mass is 285 g/mol. The molecule has 0 bridgehead atoms. The van der Waals surface area contributed by atoms with Crippen molar-refractivity contribution < 1.29 is 4.79 Å². The molecule has 0 aliphatic carbocycles. The number of rotatable bonds is 4. The summed E-state index contributed by atoms with van der Waals surface area (Å²) in [7, 11) is 2.12. The molecule has 4 heteroatoms. The summed E-state index contributed by atoms with van der Waals surface area (Å²) in [5, 5.41) is 4.39. The molecule has 4 nitrogen and oxygen atoms in total. The number of likely N-dealkylation sites (tertiary alicyclic amines) is 1.